The SMILES string of the molecule is c1cc(-c2ccc(-c3cccc4ccccc34)cc2)cc(N(c2ccc(-c3cccc(-n4c5ccccc5c5ccccc54)c3)cc2)c2ccccc2-c2cccc3c2oc2ccccc23)c1. The maximum absolute atomic E-state index is 6.65. The summed E-state index contributed by atoms with van der Waals surface area (Å²) < 4.78 is 9.04. The average molecular weight is 855 g/mol. The number of anilines is 3. The van der Waals surface area contributed by atoms with Crippen molar-refractivity contribution >= 4 is 71.6 Å². The highest BCUT2D eigenvalue weighted by molar-refractivity contribution is 6.11. The Bertz CT molecular complexity index is 3930. The molecular weight excluding hydrogens is 813 g/mol. The highest BCUT2D eigenvalue weighted by Crippen LogP contribution is 2.45. The Hall–Kier alpha value is -8.92. The summed E-state index contributed by atoms with van der Waals surface area (Å²) in [5.41, 5.74) is 17.6. The lowest BCUT2D eigenvalue weighted by molar-refractivity contribution is 0.670. The zero-order chi connectivity index (χ0) is 44.3. The van der Waals surface area contributed by atoms with Crippen LogP contribution in [0.25, 0.3) is 105 Å². The Kier molecular flexibility index (Phi) is 9.17. The number of hydrogen-bond donors (Lipinski definition) is 0. The van der Waals surface area contributed by atoms with Crippen molar-refractivity contribution in [3.05, 3.63) is 255 Å². The van der Waals surface area contributed by atoms with E-state index in [2.05, 4.69) is 258 Å². The van der Waals surface area contributed by atoms with Crippen LogP contribution in [0.3, 0.4) is 0 Å². The Morgan fingerprint density at radius 3 is 1.64 bits per heavy atom. The maximum Gasteiger partial charge on any atom is 0.143 e. The number of para-hydroxylation sites is 5. The van der Waals surface area contributed by atoms with Gasteiger partial charge in [-0.2, -0.15) is 0 Å². The first-order valence-corrected chi connectivity index (χ1v) is 22.9. The van der Waals surface area contributed by atoms with Crippen molar-refractivity contribution in [2.75, 3.05) is 4.90 Å². The van der Waals surface area contributed by atoms with Gasteiger partial charge in [0.2, 0.25) is 0 Å². The summed E-state index contributed by atoms with van der Waals surface area (Å²) in [5, 5.41) is 7.24. The van der Waals surface area contributed by atoms with Crippen LogP contribution in [0.1, 0.15) is 0 Å². The quantitative estimate of drug-likeness (QED) is 0.152. The molecule has 13 aromatic rings. The van der Waals surface area contributed by atoms with Crippen LogP contribution in [-0.4, -0.2) is 4.57 Å². The van der Waals surface area contributed by atoms with E-state index in [9.17, 15) is 0 Å². The summed E-state index contributed by atoms with van der Waals surface area (Å²) in [4.78, 5) is 2.39. The van der Waals surface area contributed by atoms with E-state index in [1.165, 1.54) is 43.7 Å². The van der Waals surface area contributed by atoms with Gasteiger partial charge in [0.1, 0.15) is 11.2 Å². The number of aromatic nitrogens is 1. The van der Waals surface area contributed by atoms with Gasteiger partial charge < -0.3 is 13.9 Å². The highest BCUT2D eigenvalue weighted by atomic mass is 16.3. The zero-order valence-corrected chi connectivity index (χ0v) is 36.6. The van der Waals surface area contributed by atoms with E-state index in [4.69, 9.17) is 4.42 Å². The third kappa shape index (κ3) is 6.59. The normalized spacial score (nSPS) is 11.6. The van der Waals surface area contributed by atoms with Crippen LogP contribution in [0.4, 0.5) is 17.1 Å². The molecule has 13 rings (SSSR count). The lowest BCUT2D eigenvalue weighted by Crippen LogP contribution is -2.11. The molecule has 0 spiro atoms. The fraction of sp³-hybridized carbons (Fsp3) is 0. The van der Waals surface area contributed by atoms with Crippen molar-refractivity contribution in [2.45, 2.75) is 0 Å². The van der Waals surface area contributed by atoms with Crippen molar-refractivity contribution in [1.82, 2.24) is 4.57 Å². The molecule has 2 heterocycles. The van der Waals surface area contributed by atoms with Gasteiger partial charge in [-0.15, -0.1) is 0 Å². The monoisotopic (exact) mass is 854 g/mol. The molecule has 3 heteroatoms. The predicted octanol–water partition coefficient (Wildman–Crippen LogP) is 18.0. The van der Waals surface area contributed by atoms with E-state index in [0.717, 1.165) is 78.1 Å². The van der Waals surface area contributed by atoms with Crippen LogP contribution < -0.4 is 4.90 Å². The van der Waals surface area contributed by atoms with Crippen LogP contribution >= 0.6 is 0 Å². The Labute approximate surface area is 388 Å². The van der Waals surface area contributed by atoms with Gasteiger partial charge in [-0.3, -0.25) is 0 Å². The van der Waals surface area contributed by atoms with E-state index in [1.807, 2.05) is 6.07 Å². The van der Waals surface area contributed by atoms with E-state index >= 15 is 0 Å². The second-order valence-corrected chi connectivity index (χ2v) is 17.3. The molecule has 0 saturated carbocycles. The van der Waals surface area contributed by atoms with Gasteiger partial charge in [0.15, 0.2) is 0 Å². The Morgan fingerprint density at radius 2 is 0.851 bits per heavy atom. The van der Waals surface area contributed by atoms with Crippen LogP contribution in [0.5, 0.6) is 0 Å². The van der Waals surface area contributed by atoms with Crippen molar-refractivity contribution in [1.29, 1.82) is 0 Å². The first-order chi connectivity index (χ1) is 33.2. The third-order valence-electron chi connectivity index (χ3n) is 13.4. The van der Waals surface area contributed by atoms with Crippen LogP contribution in [0.2, 0.25) is 0 Å². The molecule has 0 amide bonds. The van der Waals surface area contributed by atoms with E-state index in [0.29, 0.717) is 0 Å². The minimum absolute atomic E-state index is 0.884. The van der Waals surface area contributed by atoms with Crippen molar-refractivity contribution < 1.29 is 4.42 Å². The Balaban J connectivity index is 0.928. The van der Waals surface area contributed by atoms with Gasteiger partial charge in [0.05, 0.1) is 16.7 Å². The molecule has 0 aliphatic carbocycles. The van der Waals surface area contributed by atoms with Crippen LogP contribution in [-0.2, 0) is 0 Å². The second-order valence-electron chi connectivity index (χ2n) is 17.3. The summed E-state index contributed by atoms with van der Waals surface area (Å²) in [6, 6.07) is 91.9. The summed E-state index contributed by atoms with van der Waals surface area (Å²) in [6.07, 6.45) is 0. The molecule has 0 atom stereocenters. The largest absolute Gasteiger partial charge is 0.455 e. The predicted molar refractivity (Wildman–Crippen MR) is 282 cm³/mol. The minimum atomic E-state index is 0.884. The molecule has 0 saturated heterocycles. The first-order valence-electron chi connectivity index (χ1n) is 22.9. The van der Waals surface area contributed by atoms with Crippen LogP contribution in [0, 0.1) is 0 Å². The highest BCUT2D eigenvalue weighted by Gasteiger charge is 2.21. The number of rotatable bonds is 8. The molecule has 0 bridgehead atoms. The summed E-state index contributed by atoms with van der Waals surface area (Å²) in [7, 11) is 0. The molecule has 0 unspecified atom stereocenters. The van der Waals surface area contributed by atoms with Gasteiger partial charge in [-0.1, -0.05) is 194 Å². The first kappa shape index (κ1) is 38.5. The lowest BCUT2D eigenvalue weighted by atomic mass is 9.96. The minimum Gasteiger partial charge on any atom is -0.455 e. The Morgan fingerprint density at radius 1 is 0.313 bits per heavy atom. The number of fused-ring (bicyclic) bond motifs is 7. The topological polar surface area (TPSA) is 21.3 Å². The molecule has 11 aromatic carbocycles. The molecule has 0 aliphatic heterocycles. The summed E-state index contributed by atoms with van der Waals surface area (Å²) in [5.74, 6) is 0. The average Bonchev–Trinajstić information content (AvgIpc) is 3.95. The summed E-state index contributed by atoms with van der Waals surface area (Å²) in [6.45, 7) is 0. The zero-order valence-electron chi connectivity index (χ0n) is 36.6. The number of hydrogen-bond acceptors (Lipinski definition) is 2. The van der Waals surface area contributed by atoms with Gasteiger partial charge in [-0.25, -0.2) is 0 Å². The molecule has 0 N–H and O–H groups in total. The summed E-state index contributed by atoms with van der Waals surface area (Å²) >= 11 is 0. The second kappa shape index (κ2) is 16.0. The van der Waals surface area contributed by atoms with Crippen molar-refractivity contribution in [3.63, 3.8) is 0 Å². The molecule has 0 fully saturated rings. The fourth-order valence-corrected chi connectivity index (χ4v) is 10.3. The number of furan rings is 1. The van der Waals surface area contributed by atoms with Gasteiger partial charge in [0.25, 0.3) is 0 Å². The maximum atomic E-state index is 6.65. The molecule has 3 nitrogen and oxygen atoms in total. The molecule has 2 aromatic heterocycles. The van der Waals surface area contributed by atoms with E-state index < -0.39 is 0 Å². The fourth-order valence-electron chi connectivity index (χ4n) is 10.3. The van der Waals surface area contributed by atoms with Gasteiger partial charge >= 0.3 is 0 Å². The standard InChI is InChI=1S/C64H42N2O/c1-2-21-52-45(15-1)16-13-26-53(52)46-35-33-43(34-36-46)47-17-11-19-50(41-47)65(60-29-7-5-24-56(60)58-27-14-28-59-57-25-6-10-32-63(57)67-64(58)59)49-39-37-44(38-40-49)48-18-12-20-51(42-48)66-61-30-8-3-22-54(61)55-23-4-9-31-62(55)66/h1-42H. The number of benzene rings is 11. The van der Waals surface area contributed by atoms with Crippen molar-refractivity contribution in [2.24, 2.45) is 0 Å². The molecular formula is C64H42N2O. The van der Waals surface area contributed by atoms with E-state index in [1.54, 1.807) is 0 Å². The molecule has 67 heavy (non-hydrogen) atoms. The molecule has 0 aliphatic rings. The van der Waals surface area contributed by atoms with Gasteiger partial charge in [-0.05, 0) is 105 Å². The van der Waals surface area contributed by atoms with Gasteiger partial charge in [0, 0.05) is 49.7 Å². The van der Waals surface area contributed by atoms with Crippen LogP contribution in [0.15, 0.2) is 259 Å². The lowest BCUT2D eigenvalue weighted by Gasteiger charge is -2.28. The van der Waals surface area contributed by atoms with E-state index in [-0.39, 0.29) is 0 Å². The number of nitrogens with zero attached hydrogens (tertiary/aromatic N) is 2. The third-order valence-corrected chi connectivity index (χ3v) is 13.4. The van der Waals surface area contributed by atoms with Crippen molar-refractivity contribution in [3.8, 4) is 50.2 Å². The molecule has 314 valence electrons. The molecule has 0 radical (unpaired) electrons. The smallest absolute Gasteiger partial charge is 0.143 e.